The Labute approximate surface area is 239 Å². The Balaban J connectivity index is 1.23. The van der Waals surface area contributed by atoms with Gasteiger partial charge in [-0.05, 0) is 17.7 Å². The number of halogens is 1. The molecule has 11 nitrogen and oxygen atoms in total. The van der Waals surface area contributed by atoms with Crippen molar-refractivity contribution >= 4 is 34.9 Å². The van der Waals surface area contributed by atoms with Crippen molar-refractivity contribution in [2.45, 2.75) is 24.8 Å². The first kappa shape index (κ1) is 28.3. The van der Waals surface area contributed by atoms with E-state index < -0.39 is 47.6 Å². The summed E-state index contributed by atoms with van der Waals surface area (Å²) in [5.74, 6) is -3.29. The Bertz CT molecular complexity index is 1470. The van der Waals surface area contributed by atoms with Crippen LogP contribution in [0.2, 0.25) is 0 Å². The van der Waals surface area contributed by atoms with Gasteiger partial charge in [-0.25, -0.2) is 9.37 Å². The number of aliphatic imine (C=N–C) groups is 1. The Hall–Kier alpha value is -4.20. The highest BCUT2D eigenvalue weighted by atomic mass is 32.1. The molecule has 3 aromatic rings. The van der Waals surface area contributed by atoms with Crippen LogP contribution >= 0.6 is 11.3 Å². The van der Waals surface area contributed by atoms with Crippen molar-refractivity contribution in [3.05, 3.63) is 76.0 Å². The SMILES string of the molecule is CN=C(N)c1csc(CNC(=O)C2CC3(CN2C(=O)CNC(=O)c2ncc(-c4ccccc4)cc2F)OCCO3)c1. The molecule has 2 aromatic heterocycles. The summed E-state index contributed by atoms with van der Waals surface area (Å²) in [6.07, 6.45) is 1.54. The molecule has 1 spiro atoms. The summed E-state index contributed by atoms with van der Waals surface area (Å²) in [5.41, 5.74) is 7.45. The maximum atomic E-state index is 14.8. The number of ether oxygens (including phenoxy) is 2. The number of rotatable bonds is 8. The lowest BCUT2D eigenvalue weighted by molar-refractivity contribution is -0.152. The van der Waals surface area contributed by atoms with E-state index in [0.29, 0.717) is 24.6 Å². The fourth-order valence-electron chi connectivity index (χ4n) is 4.80. The van der Waals surface area contributed by atoms with E-state index in [1.54, 1.807) is 19.2 Å². The van der Waals surface area contributed by atoms with Crippen molar-refractivity contribution in [3.8, 4) is 11.1 Å². The minimum Gasteiger partial charge on any atom is -0.383 e. The summed E-state index contributed by atoms with van der Waals surface area (Å²) in [5, 5.41) is 7.13. The lowest BCUT2D eigenvalue weighted by atomic mass is 10.1. The van der Waals surface area contributed by atoms with Gasteiger partial charge in [-0.2, -0.15) is 0 Å². The average Bonchev–Trinajstić information content (AvgIpc) is 3.75. The zero-order valence-electron chi connectivity index (χ0n) is 22.3. The first-order valence-corrected chi connectivity index (χ1v) is 13.8. The predicted molar refractivity (Wildman–Crippen MR) is 150 cm³/mol. The molecule has 3 amide bonds. The molecule has 5 rings (SSSR count). The van der Waals surface area contributed by atoms with E-state index in [-0.39, 0.29) is 19.5 Å². The fourth-order valence-corrected chi connectivity index (χ4v) is 5.62. The van der Waals surface area contributed by atoms with E-state index in [1.165, 1.54) is 28.5 Å². The Morgan fingerprint density at radius 1 is 1.17 bits per heavy atom. The van der Waals surface area contributed by atoms with Crippen molar-refractivity contribution in [2.75, 3.05) is 33.4 Å². The average molecular weight is 581 g/mol. The van der Waals surface area contributed by atoms with E-state index in [1.807, 2.05) is 29.6 Å². The third-order valence-corrected chi connectivity index (χ3v) is 7.86. The Morgan fingerprint density at radius 3 is 2.63 bits per heavy atom. The van der Waals surface area contributed by atoms with Gasteiger partial charge in [-0.3, -0.25) is 19.4 Å². The number of aromatic nitrogens is 1. The minimum atomic E-state index is -1.09. The molecule has 2 saturated heterocycles. The molecule has 2 fully saturated rings. The molecule has 1 unspecified atom stereocenters. The number of pyridine rings is 1. The molecule has 1 aromatic carbocycles. The van der Waals surface area contributed by atoms with Crippen LogP contribution in [0.3, 0.4) is 0 Å². The number of hydrogen-bond donors (Lipinski definition) is 3. The largest absolute Gasteiger partial charge is 0.383 e. The van der Waals surface area contributed by atoms with Gasteiger partial charge in [0.1, 0.15) is 11.9 Å². The zero-order chi connectivity index (χ0) is 29.0. The smallest absolute Gasteiger partial charge is 0.273 e. The standard InChI is InChI=1S/C28H29FN6O5S/c1-31-25(30)19-9-20(41-15-19)13-33-26(37)22-11-28(39-7-8-40-28)16-35(22)23(36)14-34-27(38)24-21(29)10-18(12-32-24)17-5-3-2-4-6-17/h2-6,9-10,12,15,22H,7-8,11,13-14,16H2,1H3,(H2,30,31)(H,33,37)(H,34,38). The number of likely N-dealkylation sites (tertiary alicyclic amines) is 1. The molecular weight excluding hydrogens is 551 g/mol. The molecule has 0 aliphatic carbocycles. The summed E-state index contributed by atoms with van der Waals surface area (Å²) < 4.78 is 26.3. The highest BCUT2D eigenvalue weighted by molar-refractivity contribution is 7.10. The number of carbonyl (C=O) groups excluding carboxylic acids is 3. The van der Waals surface area contributed by atoms with Crippen LogP contribution in [0.5, 0.6) is 0 Å². The second-order valence-corrected chi connectivity index (χ2v) is 10.6. The predicted octanol–water partition coefficient (Wildman–Crippen LogP) is 1.67. The molecule has 41 heavy (non-hydrogen) atoms. The number of nitrogens with one attached hydrogen (secondary N) is 2. The van der Waals surface area contributed by atoms with Crippen LogP contribution in [-0.2, 0) is 25.6 Å². The number of nitrogens with zero attached hydrogens (tertiary/aromatic N) is 3. The summed E-state index contributed by atoms with van der Waals surface area (Å²) in [6.45, 7) is 0.466. The molecule has 4 heterocycles. The maximum Gasteiger partial charge on any atom is 0.273 e. The molecule has 2 aliphatic heterocycles. The van der Waals surface area contributed by atoms with Crippen LogP contribution in [-0.4, -0.2) is 78.6 Å². The third kappa shape index (κ3) is 6.26. The van der Waals surface area contributed by atoms with E-state index in [4.69, 9.17) is 15.2 Å². The second-order valence-electron chi connectivity index (χ2n) is 9.58. The number of amidine groups is 1. The lowest BCUT2D eigenvalue weighted by Gasteiger charge is -2.24. The third-order valence-electron chi connectivity index (χ3n) is 6.92. The van der Waals surface area contributed by atoms with Gasteiger partial charge in [0, 0.05) is 41.0 Å². The van der Waals surface area contributed by atoms with Crippen molar-refractivity contribution in [1.29, 1.82) is 0 Å². The number of benzene rings is 1. The van der Waals surface area contributed by atoms with Crippen molar-refractivity contribution < 1.29 is 28.2 Å². The first-order valence-electron chi connectivity index (χ1n) is 12.9. The fraction of sp³-hybridized carbons (Fsp3) is 0.321. The molecule has 0 saturated carbocycles. The van der Waals surface area contributed by atoms with E-state index >= 15 is 0 Å². The van der Waals surface area contributed by atoms with Gasteiger partial charge in [-0.1, -0.05) is 30.3 Å². The maximum absolute atomic E-state index is 14.8. The normalized spacial score (nSPS) is 18.0. The van der Waals surface area contributed by atoms with E-state index in [9.17, 15) is 18.8 Å². The van der Waals surface area contributed by atoms with Crippen LogP contribution in [0, 0.1) is 5.82 Å². The second kappa shape index (κ2) is 12.1. The molecule has 2 aliphatic rings. The molecule has 214 valence electrons. The zero-order valence-corrected chi connectivity index (χ0v) is 23.1. The number of hydrogen-bond acceptors (Lipinski definition) is 8. The summed E-state index contributed by atoms with van der Waals surface area (Å²) in [4.78, 5) is 49.3. The van der Waals surface area contributed by atoms with Gasteiger partial charge in [-0.15, -0.1) is 11.3 Å². The van der Waals surface area contributed by atoms with Crippen LogP contribution in [0.4, 0.5) is 4.39 Å². The summed E-state index contributed by atoms with van der Waals surface area (Å²) >= 11 is 1.42. The quantitative estimate of drug-likeness (QED) is 0.271. The summed E-state index contributed by atoms with van der Waals surface area (Å²) in [7, 11) is 1.60. The highest BCUT2D eigenvalue weighted by Gasteiger charge is 2.52. The van der Waals surface area contributed by atoms with Crippen LogP contribution < -0.4 is 16.4 Å². The van der Waals surface area contributed by atoms with Gasteiger partial charge in [0.25, 0.3) is 5.91 Å². The Morgan fingerprint density at radius 2 is 1.93 bits per heavy atom. The molecular formula is C28H29FN6O5S. The van der Waals surface area contributed by atoms with E-state index in [0.717, 1.165) is 16.0 Å². The van der Waals surface area contributed by atoms with Gasteiger partial charge >= 0.3 is 0 Å². The molecule has 0 radical (unpaired) electrons. The molecule has 1 atom stereocenters. The summed E-state index contributed by atoms with van der Waals surface area (Å²) in [6, 6.07) is 11.2. The first-order chi connectivity index (χ1) is 19.8. The molecule has 13 heteroatoms. The number of carbonyl (C=O) groups is 3. The van der Waals surface area contributed by atoms with Gasteiger partial charge < -0.3 is 30.7 Å². The minimum absolute atomic E-state index is 0.0187. The number of amides is 3. The molecule has 0 bridgehead atoms. The number of nitrogens with two attached hydrogens (primary N) is 1. The van der Waals surface area contributed by atoms with Crippen molar-refractivity contribution in [3.63, 3.8) is 0 Å². The lowest BCUT2D eigenvalue weighted by Crippen LogP contribution is -2.49. The highest BCUT2D eigenvalue weighted by Crippen LogP contribution is 2.35. The monoisotopic (exact) mass is 580 g/mol. The van der Waals surface area contributed by atoms with E-state index in [2.05, 4.69) is 20.6 Å². The number of thiophene rings is 1. The van der Waals surface area contributed by atoms with Gasteiger partial charge in [0.15, 0.2) is 17.3 Å². The molecule has 4 N–H and O–H groups in total. The van der Waals surface area contributed by atoms with Crippen molar-refractivity contribution in [1.82, 2.24) is 20.5 Å². The van der Waals surface area contributed by atoms with Crippen LogP contribution in [0.25, 0.3) is 11.1 Å². The van der Waals surface area contributed by atoms with Crippen molar-refractivity contribution in [2.24, 2.45) is 10.7 Å². The van der Waals surface area contributed by atoms with Crippen LogP contribution in [0.15, 0.2) is 59.0 Å². The Kier molecular flexibility index (Phi) is 8.38. The van der Waals surface area contributed by atoms with Gasteiger partial charge in [0.2, 0.25) is 11.8 Å². The topological polar surface area (TPSA) is 148 Å². The van der Waals surface area contributed by atoms with Gasteiger partial charge in [0.05, 0.1) is 32.8 Å². The van der Waals surface area contributed by atoms with Crippen LogP contribution in [0.1, 0.15) is 27.3 Å².